The zero-order chi connectivity index (χ0) is 43.0. The van der Waals surface area contributed by atoms with E-state index in [4.69, 9.17) is 23.8 Å². The molecule has 6 nitrogen and oxygen atoms in total. The lowest BCUT2D eigenvalue weighted by Gasteiger charge is -2.15. The molecule has 0 bridgehead atoms. The molecule has 306 valence electrons. The van der Waals surface area contributed by atoms with Gasteiger partial charge in [-0.3, -0.25) is 0 Å². The van der Waals surface area contributed by atoms with Gasteiger partial charge in [0.1, 0.15) is 22.3 Å². The molecule has 7 heteroatoms. The van der Waals surface area contributed by atoms with Gasteiger partial charge in [0.15, 0.2) is 17.5 Å². The Morgan fingerprint density at radius 2 is 0.924 bits per heavy atom. The maximum absolute atomic E-state index is 6.67. The monoisotopic (exact) mass is 860 g/mol. The number of fused-ring (bicyclic) bond motifs is 15. The number of hydrogen-bond donors (Lipinski definition) is 0. The summed E-state index contributed by atoms with van der Waals surface area (Å²) in [5.74, 6) is 1.66. The zero-order valence-electron chi connectivity index (χ0n) is 35.0. The van der Waals surface area contributed by atoms with Crippen molar-refractivity contribution in [1.82, 2.24) is 19.5 Å². The summed E-state index contributed by atoms with van der Waals surface area (Å²) < 4.78 is 17.9. The van der Waals surface area contributed by atoms with Crippen molar-refractivity contribution in [1.29, 1.82) is 0 Å². The van der Waals surface area contributed by atoms with Crippen molar-refractivity contribution in [3.63, 3.8) is 0 Å². The van der Waals surface area contributed by atoms with Crippen LogP contribution in [-0.4, -0.2) is 19.5 Å². The lowest BCUT2D eigenvalue weighted by molar-refractivity contribution is 0.668. The molecule has 0 saturated carbocycles. The van der Waals surface area contributed by atoms with Gasteiger partial charge in [-0.1, -0.05) is 127 Å². The van der Waals surface area contributed by atoms with E-state index >= 15 is 0 Å². The molecule has 15 rings (SSSR count). The Hall–Kier alpha value is -8.65. The molecule has 0 radical (unpaired) electrons. The Labute approximate surface area is 379 Å². The van der Waals surface area contributed by atoms with Gasteiger partial charge in [-0.2, -0.15) is 0 Å². The molecular weight excluding hydrogens is 829 g/mol. The molecule has 5 aromatic heterocycles. The number of nitrogens with zero attached hydrogens (tertiary/aromatic N) is 4. The van der Waals surface area contributed by atoms with Crippen LogP contribution in [0, 0.1) is 0 Å². The zero-order valence-corrected chi connectivity index (χ0v) is 35.8. The highest BCUT2D eigenvalue weighted by molar-refractivity contribution is 7.25. The molecule has 0 atom stereocenters. The van der Waals surface area contributed by atoms with Crippen molar-refractivity contribution in [3.05, 3.63) is 194 Å². The van der Waals surface area contributed by atoms with Crippen molar-refractivity contribution in [3.8, 4) is 39.9 Å². The molecule has 0 amide bonds. The fourth-order valence-corrected chi connectivity index (χ4v) is 11.5. The van der Waals surface area contributed by atoms with Crippen LogP contribution in [0.2, 0.25) is 0 Å². The molecule has 0 N–H and O–H groups in total. The number of para-hydroxylation sites is 2. The van der Waals surface area contributed by atoms with Crippen molar-refractivity contribution < 1.29 is 8.83 Å². The summed E-state index contributed by atoms with van der Waals surface area (Å²) >= 11 is 1.78. The Morgan fingerprint density at radius 3 is 1.71 bits per heavy atom. The van der Waals surface area contributed by atoms with Crippen LogP contribution in [0.4, 0.5) is 0 Å². The maximum atomic E-state index is 6.67. The molecule has 0 saturated heterocycles. The van der Waals surface area contributed by atoms with Crippen molar-refractivity contribution in [2.75, 3.05) is 0 Å². The van der Waals surface area contributed by atoms with E-state index in [9.17, 15) is 0 Å². The number of aromatic nitrogens is 4. The van der Waals surface area contributed by atoms with E-state index in [1.807, 2.05) is 30.3 Å². The second-order valence-corrected chi connectivity index (χ2v) is 18.2. The van der Waals surface area contributed by atoms with Crippen molar-refractivity contribution in [2.24, 2.45) is 0 Å². The molecule has 66 heavy (non-hydrogen) atoms. The minimum atomic E-state index is 0.532. The molecule has 15 aromatic rings. The van der Waals surface area contributed by atoms with Gasteiger partial charge in [0.25, 0.3) is 0 Å². The van der Waals surface area contributed by atoms with Gasteiger partial charge in [-0.15, -0.1) is 11.3 Å². The number of furan rings is 2. The third-order valence-electron chi connectivity index (χ3n) is 13.4. The molecular formula is C59H32N4O2S. The summed E-state index contributed by atoms with van der Waals surface area (Å²) in [5.41, 5.74) is 8.87. The van der Waals surface area contributed by atoms with Gasteiger partial charge < -0.3 is 13.4 Å². The molecule has 0 unspecified atom stereocenters. The summed E-state index contributed by atoms with van der Waals surface area (Å²) in [4.78, 5) is 16.2. The first-order valence-electron chi connectivity index (χ1n) is 22.1. The van der Waals surface area contributed by atoms with Gasteiger partial charge in [0.05, 0.1) is 16.7 Å². The smallest absolute Gasteiger partial charge is 0.166 e. The minimum Gasteiger partial charge on any atom is -0.456 e. The summed E-state index contributed by atoms with van der Waals surface area (Å²) in [5, 5.41) is 13.8. The summed E-state index contributed by atoms with van der Waals surface area (Å²) in [6, 6.07) is 68.7. The highest BCUT2D eigenvalue weighted by Gasteiger charge is 2.24. The van der Waals surface area contributed by atoms with Crippen LogP contribution in [0.3, 0.4) is 0 Å². The largest absolute Gasteiger partial charge is 0.456 e. The molecule has 0 fully saturated rings. The second kappa shape index (κ2) is 13.4. The first-order chi connectivity index (χ1) is 32.7. The topological polar surface area (TPSA) is 69.9 Å². The van der Waals surface area contributed by atoms with Gasteiger partial charge in [0, 0.05) is 69.2 Å². The van der Waals surface area contributed by atoms with Crippen molar-refractivity contribution >= 4 is 119 Å². The van der Waals surface area contributed by atoms with Crippen LogP contribution < -0.4 is 0 Å². The maximum Gasteiger partial charge on any atom is 0.166 e. The van der Waals surface area contributed by atoms with Crippen molar-refractivity contribution in [2.45, 2.75) is 0 Å². The summed E-state index contributed by atoms with van der Waals surface area (Å²) in [6.07, 6.45) is 0. The SMILES string of the molecule is c1ccc2cc3c(cc2c1)c1c2ccccc2ccc1n3-c1cc2c(cc1-c1nc(-c3ccc4c(c3)oc3ccccc34)nc(-c3ccc4c(c3)sc3ccccc34)n1)oc1ccccc12. The average Bonchev–Trinajstić information content (AvgIpc) is 4.13. The lowest BCUT2D eigenvalue weighted by atomic mass is 10.0. The Morgan fingerprint density at radius 1 is 0.348 bits per heavy atom. The number of thiophene rings is 1. The van der Waals surface area contributed by atoms with E-state index in [2.05, 4.69) is 168 Å². The van der Waals surface area contributed by atoms with Crippen LogP contribution in [0.25, 0.3) is 147 Å². The summed E-state index contributed by atoms with van der Waals surface area (Å²) in [6.45, 7) is 0. The lowest BCUT2D eigenvalue weighted by Crippen LogP contribution is -2.04. The minimum absolute atomic E-state index is 0.532. The highest BCUT2D eigenvalue weighted by Crippen LogP contribution is 2.44. The van der Waals surface area contributed by atoms with E-state index in [1.54, 1.807) is 11.3 Å². The van der Waals surface area contributed by atoms with Gasteiger partial charge in [-0.25, -0.2) is 15.0 Å². The molecule has 10 aromatic carbocycles. The first kappa shape index (κ1) is 35.8. The van der Waals surface area contributed by atoms with E-state index < -0.39 is 0 Å². The predicted molar refractivity (Wildman–Crippen MR) is 273 cm³/mol. The first-order valence-corrected chi connectivity index (χ1v) is 22.9. The van der Waals surface area contributed by atoms with Gasteiger partial charge in [-0.05, 0) is 88.3 Å². The molecule has 0 aliphatic rings. The van der Waals surface area contributed by atoms with Gasteiger partial charge >= 0.3 is 0 Å². The average molecular weight is 861 g/mol. The Kier molecular flexibility index (Phi) is 7.28. The number of benzene rings is 10. The summed E-state index contributed by atoms with van der Waals surface area (Å²) in [7, 11) is 0. The van der Waals surface area contributed by atoms with Crippen LogP contribution >= 0.6 is 11.3 Å². The molecule has 5 heterocycles. The van der Waals surface area contributed by atoms with Crippen LogP contribution in [0.1, 0.15) is 0 Å². The number of rotatable bonds is 4. The van der Waals surface area contributed by atoms with Crippen LogP contribution in [0.15, 0.2) is 203 Å². The predicted octanol–water partition coefficient (Wildman–Crippen LogP) is 16.4. The van der Waals surface area contributed by atoms with E-state index in [-0.39, 0.29) is 0 Å². The normalized spacial score (nSPS) is 12.2. The third kappa shape index (κ3) is 5.20. The highest BCUT2D eigenvalue weighted by atomic mass is 32.1. The quantitative estimate of drug-likeness (QED) is 0.176. The molecule has 0 aliphatic heterocycles. The van der Waals surface area contributed by atoms with E-state index in [0.29, 0.717) is 17.5 Å². The fourth-order valence-electron chi connectivity index (χ4n) is 10.3. The number of hydrogen-bond acceptors (Lipinski definition) is 6. The van der Waals surface area contributed by atoms with Gasteiger partial charge in [0.2, 0.25) is 0 Å². The second-order valence-electron chi connectivity index (χ2n) is 17.1. The Balaban J connectivity index is 1.06. The molecule has 0 spiro atoms. The third-order valence-corrected chi connectivity index (χ3v) is 14.5. The molecule has 0 aliphatic carbocycles. The Bertz CT molecular complexity index is 4420. The standard InChI is InChI=1S/C59H32N4O2S/c1-2-13-35-28-48-45(27-34(35)12-1)56-38-14-4-3-11-33(38)23-26-47(56)63(48)49-31-44-40-16-6-9-19-51(40)65-53(44)32-46(49)59-61-57(36-21-24-41-39-15-5-8-18-50(39)64-52(41)29-36)60-58(62-59)37-22-25-43-42-17-7-10-20-54(42)66-55(43)30-37/h1-32H. The van der Waals surface area contributed by atoms with Crippen LogP contribution in [-0.2, 0) is 0 Å². The fraction of sp³-hybridized carbons (Fsp3) is 0. The van der Waals surface area contributed by atoms with E-state index in [1.165, 1.54) is 47.1 Å². The van der Waals surface area contributed by atoms with Crippen LogP contribution in [0.5, 0.6) is 0 Å². The van der Waals surface area contributed by atoms with E-state index in [0.717, 1.165) is 82.7 Å².